The first-order valence-electron chi connectivity index (χ1n) is 6.47. The lowest BCUT2D eigenvalue weighted by Gasteiger charge is -2.12. The van der Waals surface area contributed by atoms with Crippen molar-refractivity contribution in [1.82, 2.24) is 9.97 Å². The molecule has 0 saturated heterocycles. The molecule has 0 bridgehead atoms. The third-order valence-electron chi connectivity index (χ3n) is 3.38. The van der Waals surface area contributed by atoms with E-state index in [0.29, 0.717) is 0 Å². The summed E-state index contributed by atoms with van der Waals surface area (Å²) in [4.78, 5) is 8.10. The van der Waals surface area contributed by atoms with Gasteiger partial charge >= 0.3 is 0 Å². The summed E-state index contributed by atoms with van der Waals surface area (Å²) in [6.45, 7) is 0. The Morgan fingerprint density at radius 2 is 1.83 bits per heavy atom. The number of hydrogen-bond acceptors (Lipinski definition) is 5. The molecule has 0 atom stereocenters. The van der Waals surface area contributed by atoms with Crippen molar-refractivity contribution in [3.05, 3.63) is 47.8 Å². The highest BCUT2D eigenvalue weighted by Crippen LogP contribution is 2.39. The fourth-order valence-corrected chi connectivity index (χ4v) is 2.33. The summed E-state index contributed by atoms with van der Waals surface area (Å²) in [6, 6.07) is 5.55. The lowest BCUT2D eigenvalue weighted by molar-refractivity contribution is 0.372. The molecule has 7 heteroatoms. The number of ether oxygens (including phenoxy) is 1. The number of rotatable bonds is 2. The van der Waals surface area contributed by atoms with Crippen LogP contribution in [0.25, 0.3) is 22.2 Å². The van der Waals surface area contributed by atoms with Crippen molar-refractivity contribution in [3.8, 4) is 28.7 Å². The molecule has 0 fully saturated rings. The van der Waals surface area contributed by atoms with Crippen molar-refractivity contribution in [2.45, 2.75) is 0 Å². The largest absolute Gasteiger partial charge is 0.505 e. The van der Waals surface area contributed by atoms with E-state index in [4.69, 9.17) is 10.00 Å². The van der Waals surface area contributed by atoms with Gasteiger partial charge in [0.15, 0.2) is 23.1 Å². The molecule has 5 nitrogen and oxygen atoms in total. The molecular weight excluding hydrogens is 304 g/mol. The van der Waals surface area contributed by atoms with Crippen LogP contribution >= 0.6 is 0 Å². The lowest BCUT2D eigenvalue weighted by atomic mass is 9.99. The van der Waals surface area contributed by atoms with E-state index in [1.807, 2.05) is 6.07 Å². The number of hydrogen-bond donors (Lipinski definition) is 1. The molecule has 3 aromatic rings. The summed E-state index contributed by atoms with van der Waals surface area (Å²) in [5, 5.41) is 18.8. The molecular formula is C16H9F2N3O2. The molecule has 114 valence electrons. The van der Waals surface area contributed by atoms with Crippen molar-refractivity contribution in [2.75, 3.05) is 7.11 Å². The van der Waals surface area contributed by atoms with Gasteiger partial charge in [-0.15, -0.1) is 0 Å². The van der Waals surface area contributed by atoms with E-state index in [1.165, 1.54) is 31.6 Å². The molecule has 0 amide bonds. The number of halogens is 2. The SMILES string of the molecule is COc1cc(O)c(F)c(-c2ccc(C#N)c3nccnc23)c1F. The normalized spacial score (nSPS) is 10.5. The Morgan fingerprint density at radius 1 is 1.13 bits per heavy atom. The van der Waals surface area contributed by atoms with Gasteiger partial charge in [0.1, 0.15) is 11.6 Å². The molecule has 3 rings (SSSR count). The molecule has 0 aliphatic carbocycles. The highest BCUT2D eigenvalue weighted by Gasteiger charge is 2.23. The van der Waals surface area contributed by atoms with Gasteiger partial charge in [-0.3, -0.25) is 9.97 Å². The van der Waals surface area contributed by atoms with Crippen LogP contribution in [-0.4, -0.2) is 22.2 Å². The second-order valence-corrected chi connectivity index (χ2v) is 4.63. The van der Waals surface area contributed by atoms with Crippen molar-refractivity contribution in [1.29, 1.82) is 5.26 Å². The molecule has 1 heterocycles. The van der Waals surface area contributed by atoms with Crippen LogP contribution < -0.4 is 4.74 Å². The number of fused-ring (bicyclic) bond motifs is 1. The van der Waals surface area contributed by atoms with Crippen molar-refractivity contribution >= 4 is 11.0 Å². The first-order chi connectivity index (χ1) is 11.1. The number of benzene rings is 2. The van der Waals surface area contributed by atoms with Crippen LogP contribution in [-0.2, 0) is 0 Å². The summed E-state index contributed by atoms with van der Waals surface area (Å²) in [5.74, 6) is -3.17. The standard InChI is InChI=1S/C16H9F2N3O2/c1-23-11-6-10(22)13(17)12(14(11)18)9-3-2-8(7-19)15-16(9)21-5-4-20-15/h2-6,22H,1H3. The van der Waals surface area contributed by atoms with Gasteiger partial charge in [-0.1, -0.05) is 6.07 Å². The number of phenols is 1. The summed E-state index contributed by atoms with van der Waals surface area (Å²) < 4.78 is 33.6. The Hall–Kier alpha value is -3.27. The Morgan fingerprint density at radius 3 is 2.48 bits per heavy atom. The van der Waals surface area contributed by atoms with Gasteiger partial charge in [0.2, 0.25) is 0 Å². The predicted octanol–water partition coefficient (Wildman–Crippen LogP) is 3.16. The Balaban J connectivity index is 2.44. The Bertz CT molecular complexity index is 968. The van der Waals surface area contributed by atoms with Gasteiger partial charge in [-0.2, -0.15) is 5.26 Å². The maximum atomic E-state index is 14.5. The lowest BCUT2D eigenvalue weighted by Crippen LogP contribution is -1.98. The number of nitrogens with zero attached hydrogens (tertiary/aromatic N) is 3. The second-order valence-electron chi connectivity index (χ2n) is 4.63. The van der Waals surface area contributed by atoms with Crippen molar-refractivity contribution in [3.63, 3.8) is 0 Å². The highest BCUT2D eigenvalue weighted by molar-refractivity contribution is 5.95. The van der Waals surface area contributed by atoms with Crippen LogP contribution in [0, 0.1) is 23.0 Å². The third-order valence-corrected chi connectivity index (χ3v) is 3.38. The van der Waals surface area contributed by atoms with Crippen molar-refractivity contribution in [2.24, 2.45) is 0 Å². The average Bonchev–Trinajstić information content (AvgIpc) is 2.58. The van der Waals surface area contributed by atoms with E-state index in [0.717, 1.165) is 6.07 Å². The molecule has 0 saturated carbocycles. The smallest absolute Gasteiger partial charge is 0.176 e. The van der Waals surface area contributed by atoms with E-state index in [1.54, 1.807) is 0 Å². The quantitative estimate of drug-likeness (QED) is 0.786. The Kier molecular flexibility index (Phi) is 3.50. The molecule has 0 radical (unpaired) electrons. The number of aromatic hydroxyl groups is 1. The first kappa shape index (κ1) is 14.7. The van der Waals surface area contributed by atoms with Gasteiger partial charge in [0.25, 0.3) is 0 Å². The van der Waals surface area contributed by atoms with E-state index in [9.17, 15) is 13.9 Å². The number of aromatic nitrogens is 2. The summed E-state index contributed by atoms with van der Waals surface area (Å²) >= 11 is 0. The average molecular weight is 313 g/mol. The molecule has 1 aromatic heterocycles. The van der Waals surface area contributed by atoms with E-state index < -0.39 is 22.9 Å². The Labute approximate surface area is 129 Å². The van der Waals surface area contributed by atoms with Crippen LogP contribution in [0.2, 0.25) is 0 Å². The zero-order valence-electron chi connectivity index (χ0n) is 11.8. The number of phenolic OH excluding ortho intramolecular Hbond substituents is 1. The van der Waals surface area contributed by atoms with Crippen LogP contribution in [0.3, 0.4) is 0 Å². The van der Waals surface area contributed by atoms with E-state index >= 15 is 0 Å². The third kappa shape index (κ3) is 2.21. The van der Waals surface area contributed by atoms with Gasteiger partial charge in [-0.05, 0) is 6.07 Å². The van der Waals surface area contributed by atoms with E-state index in [2.05, 4.69) is 9.97 Å². The maximum Gasteiger partial charge on any atom is 0.176 e. The highest BCUT2D eigenvalue weighted by atomic mass is 19.1. The van der Waals surface area contributed by atoms with Gasteiger partial charge in [-0.25, -0.2) is 8.78 Å². The van der Waals surface area contributed by atoms with Crippen LogP contribution in [0.1, 0.15) is 5.56 Å². The van der Waals surface area contributed by atoms with Gasteiger partial charge in [0, 0.05) is 24.0 Å². The van der Waals surface area contributed by atoms with Crippen LogP contribution in [0.15, 0.2) is 30.6 Å². The second kappa shape index (κ2) is 5.50. The minimum atomic E-state index is -1.14. The summed E-state index contributed by atoms with van der Waals surface area (Å²) in [6.07, 6.45) is 2.73. The molecule has 0 aliphatic rings. The molecule has 0 unspecified atom stereocenters. The molecule has 0 aliphatic heterocycles. The molecule has 2 aromatic carbocycles. The van der Waals surface area contributed by atoms with Crippen LogP contribution in [0.4, 0.5) is 8.78 Å². The zero-order chi connectivity index (χ0) is 16.6. The van der Waals surface area contributed by atoms with Gasteiger partial charge < -0.3 is 9.84 Å². The fraction of sp³-hybridized carbons (Fsp3) is 0.0625. The predicted molar refractivity (Wildman–Crippen MR) is 77.8 cm³/mol. The van der Waals surface area contributed by atoms with Gasteiger partial charge in [0.05, 0.1) is 23.8 Å². The number of methoxy groups -OCH3 is 1. The summed E-state index contributed by atoms with van der Waals surface area (Å²) in [5.41, 5.74) is 0.170. The van der Waals surface area contributed by atoms with Crippen LogP contribution in [0.5, 0.6) is 11.5 Å². The minimum Gasteiger partial charge on any atom is -0.505 e. The zero-order valence-corrected chi connectivity index (χ0v) is 11.8. The monoisotopic (exact) mass is 313 g/mol. The number of nitriles is 1. The summed E-state index contributed by atoms with van der Waals surface area (Å²) in [7, 11) is 1.20. The first-order valence-corrected chi connectivity index (χ1v) is 6.47. The molecule has 23 heavy (non-hydrogen) atoms. The molecule has 1 N–H and O–H groups in total. The topological polar surface area (TPSA) is 79.0 Å². The van der Waals surface area contributed by atoms with E-state index in [-0.39, 0.29) is 27.9 Å². The minimum absolute atomic E-state index is 0.0660. The maximum absolute atomic E-state index is 14.5. The van der Waals surface area contributed by atoms with Crippen molar-refractivity contribution < 1.29 is 18.6 Å². The molecule has 0 spiro atoms. The fourth-order valence-electron chi connectivity index (χ4n) is 2.33.